The lowest BCUT2D eigenvalue weighted by Crippen LogP contribution is -2.43. The highest BCUT2D eigenvalue weighted by Gasteiger charge is 2.33. The molecule has 3 heterocycles. The molecule has 1 aromatic rings. The molecule has 1 amide bonds. The number of pyridine rings is 1. The van der Waals surface area contributed by atoms with Gasteiger partial charge in [0.05, 0.1) is 31.1 Å². The molecule has 0 N–H and O–H groups in total. The first-order chi connectivity index (χ1) is 12.8. The minimum atomic E-state index is -0.352. The van der Waals surface area contributed by atoms with Crippen molar-refractivity contribution in [1.82, 2.24) is 9.88 Å². The van der Waals surface area contributed by atoms with Crippen LogP contribution in [0.25, 0.3) is 0 Å². The van der Waals surface area contributed by atoms with Gasteiger partial charge in [0.2, 0.25) is 5.88 Å². The Balaban J connectivity index is 1.89. The predicted molar refractivity (Wildman–Crippen MR) is 98.5 cm³/mol. The SMILES string of the molecule is CC(C)c1nc(OCC(=O)N2CCOCC2)c(C#N)c2c1COC(C)(C)C2. The number of rotatable bonds is 4. The van der Waals surface area contributed by atoms with Crippen molar-refractivity contribution in [2.24, 2.45) is 0 Å². The fourth-order valence-electron chi connectivity index (χ4n) is 3.50. The van der Waals surface area contributed by atoms with E-state index in [4.69, 9.17) is 14.2 Å². The van der Waals surface area contributed by atoms with Gasteiger partial charge in [-0.3, -0.25) is 4.79 Å². The first kappa shape index (κ1) is 19.6. The highest BCUT2D eigenvalue weighted by atomic mass is 16.5. The van der Waals surface area contributed by atoms with Crippen LogP contribution in [-0.2, 0) is 27.3 Å². The molecule has 7 nitrogen and oxygen atoms in total. The summed E-state index contributed by atoms with van der Waals surface area (Å²) in [5, 5.41) is 9.77. The number of nitriles is 1. The molecule has 0 saturated carbocycles. The lowest BCUT2D eigenvalue weighted by Gasteiger charge is -2.34. The van der Waals surface area contributed by atoms with Crippen molar-refractivity contribution in [2.45, 2.75) is 52.2 Å². The van der Waals surface area contributed by atoms with Gasteiger partial charge in [0, 0.05) is 25.1 Å². The summed E-state index contributed by atoms with van der Waals surface area (Å²) >= 11 is 0. The second-order valence-corrected chi connectivity index (χ2v) is 7.91. The summed E-state index contributed by atoms with van der Waals surface area (Å²) in [5.74, 6) is 0.296. The number of morpholine rings is 1. The number of fused-ring (bicyclic) bond motifs is 1. The molecule has 27 heavy (non-hydrogen) atoms. The Kier molecular flexibility index (Phi) is 5.68. The molecule has 0 atom stereocenters. The van der Waals surface area contributed by atoms with E-state index in [1.165, 1.54) is 0 Å². The standard InChI is InChI=1S/C20H27N3O4/c1-13(2)18-16-11-27-20(3,4)9-14(16)15(10-21)19(22-18)26-12-17(24)23-5-7-25-8-6-23/h13H,5-9,11-12H2,1-4H3. The Morgan fingerprint density at radius 3 is 2.67 bits per heavy atom. The Labute approximate surface area is 160 Å². The van der Waals surface area contributed by atoms with Crippen molar-refractivity contribution in [2.75, 3.05) is 32.9 Å². The minimum absolute atomic E-state index is 0.114. The maximum absolute atomic E-state index is 12.4. The van der Waals surface area contributed by atoms with Gasteiger partial charge in [-0.1, -0.05) is 13.8 Å². The van der Waals surface area contributed by atoms with Crippen LogP contribution in [0.4, 0.5) is 0 Å². The fourth-order valence-corrected chi connectivity index (χ4v) is 3.50. The molecule has 3 rings (SSSR count). The zero-order chi connectivity index (χ0) is 19.6. The zero-order valence-electron chi connectivity index (χ0n) is 16.5. The van der Waals surface area contributed by atoms with Crippen LogP contribution in [0, 0.1) is 11.3 Å². The van der Waals surface area contributed by atoms with E-state index in [-0.39, 0.29) is 29.9 Å². The van der Waals surface area contributed by atoms with Crippen LogP contribution in [-0.4, -0.2) is 54.3 Å². The summed E-state index contributed by atoms with van der Waals surface area (Å²) < 4.78 is 17.0. The highest BCUT2D eigenvalue weighted by molar-refractivity contribution is 5.78. The van der Waals surface area contributed by atoms with Crippen LogP contribution in [0.3, 0.4) is 0 Å². The summed E-state index contributed by atoms with van der Waals surface area (Å²) in [4.78, 5) is 18.7. The zero-order valence-corrected chi connectivity index (χ0v) is 16.5. The van der Waals surface area contributed by atoms with Crippen LogP contribution in [0.1, 0.15) is 56.0 Å². The van der Waals surface area contributed by atoms with E-state index in [1.54, 1.807) is 4.90 Å². The van der Waals surface area contributed by atoms with Crippen LogP contribution < -0.4 is 4.74 Å². The number of amides is 1. The first-order valence-corrected chi connectivity index (χ1v) is 9.40. The molecule has 2 aliphatic heterocycles. The van der Waals surface area contributed by atoms with Crippen LogP contribution in [0.2, 0.25) is 0 Å². The molecule has 0 spiro atoms. The molecule has 2 aliphatic rings. The first-order valence-electron chi connectivity index (χ1n) is 9.40. The van der Waals surface area contributed by atoms with Crippen molar-refractivity contribution in [3.05, 3.63) is 22.4 Å². The maximum Gasteiger partial charge on any atom is 0.260 e. The quantitative estimate of drug-likeness (QED) is 0.804. The average molecular weight is 373 g/mol. The van der Waals surface area contributed by atoms with Gasteiger partial charge < -0.3 is 19.1 Å². The number of carbonyl (C=O) groups is 1. The van der Waals surface area contributed by atoms with Crippen molar-refractivity contribution in [3.8, 4) is 11.9 Å². The summed E-state index contributed by atoms with van der Waals surface area (Å²) in [6.45, 7) is 10.6. The number of hydrogen-bond acceptors (Lipinski definition) is 6. The summed E-state index contributed by atoms with van der Waals surface area (Å²) in [7, 11) is 0. The molecule has 1 aromatic heterocycles. The van der Waals surface area contributed by atoms with Crippen LogP contribution >= 0.6 is 0 Å². The predicted octanol–water partition coefficient (Wildman–Crippen LogP) is 2.17. The van der Waals surface area contributed by atoms with Crippen LogP contribution in [0.15, 0.2) is 0 Å². The van der Waals surface area contributed by atoms with Gasteiger partial charge in [-0.15, -0.1) is 0 Å². The molecule has 0 aliphatic carbocycles. The number of aromatic nitrogens is 1. The van der Waals surface area contributed by atoms with E-state index >= 15 is 0 Å². The van der Waals surface area contributed by atoms with Gasteiger partial charge in [-0.2, -0.15) is 5.26 Å². The number of carbonyl (C=O) groups excluding carboxylic acids is 1. The summed E-state index contributed by atoms with van der Waals surface area (Å²) in [6.07, 6.45) is 0.612. The largest absolute Gasteiger partial charge is 0.467 e. The molecule has 0 unspecified atom stereocenters. The molecule has 146 valence electrons. The topological polar surface area (TPSA) is 84.7 Å². The number of ether oxygens (including phenoxy) is 3. The van der Waals surface area contributed by atoms with E-state index in [9.17, 15) is 10.1 Å². The molecule has 1 fully saturated rings. The smallest absolute Gasteiger partial charge is 0.260 e. The van der Waals surface area contributed by atoms with Gasteiger partial charge in [0.15, 0.2) is 6.61 Å². The van der Waals surface area contributed by atoms with Gasteiger partial charge in [0.1, 0.15) is 11.6 Å². The average Bonchev–Trinajstić information content (AvgIpc) is 2.64. The van der Waals surface area contributed by atoms with Gasteiger partial charge in [-0.25, -0.2) is 4.98 Å². The maximum atomic E-state index is 12.4. The van der Waals surface area contributed by atoms with Gasteiger partial charge >= 0.3 is 0 Å². The second-order valence-electron chi connectivity index (χ2n) is 7.91. The lowest BCUT2D eigenvalue weighted by atomic mass is 9.86. The molecular weight excluding hydrogens is 346 g/mol. The Hall–Kier alpha value is -2.17. The third-order valence-corrected chi connectivity index (χ3v) is 4.98. The summed E-state index contributed by atoms with van der Waals surface area (Å²) in [5.41, 5.74) is 2.85. The van der Waals surface area contributed by atoms with Crippen molar-refractivity contribution < 1.29 is 19.0 Å². The lowest BCUT2D eigenvalue weighted by molar-refractivity contribution is -0.137. The van der Waals surface area contributed by atoms with E-state index < -0.39 is 0 Å². The van der Waals surface area contributed by atoms with Crippen molar-refractivity contribution in [3.63, 3.8) is 0 Å². The van der Waals surface area contributed by atoms with E-state index in [1.807, 2.05) is 13.8 Å². The highest BCUT2D eigenvalue weighted by Crippen LogP contribution is 2.37. The van der Waals surface area contributed by atoms with E-state index in [0.717, 1.165) is 16.8 Å². The van der Waals surface area contributed by atoms with Crippen molar-refractivity contribution in [1.29, 1.82) is 5.26 Å². The Bertz CT molecular complexity index is 761. The molecule has 7 heteroatoms. The van der Waals surface area contributed by atoms with Gasteiger partial charge in [-0.05, 0) is 25.3 Å². The monoisotopic (exact) mass is 373 g/mol. The Morgan fingerprint density at radius 2 is 2.04 bits per heavy atom. The number of hydrogen-bond donors (Lipinski definition) is 0. The van der Waals surface area contributed by atoms with Gasteiger partial charge in [0.25, 0.3) is 5.91 Å². The molecular formula is C20H27N3O4. The van der Waals surface area contributed by atoms with Crippen molar-refractivity contribution >= 4 is 5.91 Å². The normalized spacial score (nSPS) is 18.7. The Morgan fingerprint density at radius 1 is 1.33 bits per heavy atom. The fraction of sp³-hybridized carbons (Fsp3) is 0.650. The minimum Gasteiger partial charge on any atom is -0.467 e. The summed E-state index contributed by atoms with van der Waals surface area (Å²) in [6, 6.07) is 2.24. The van der Waals surface area contributed by atoms with E-state index in [0.29, 0.717) is 44.9 Å². The number of nitrogens with zero attached hydrogens (tertiary/aromatic N) is 3. The second kappa shape index (κ2) is 7.83. The van der Waals surface area contributed by atoms with E-state index in [2.05, 4.69) is 24.9 Å². The molecule has 0 bridgehead atoms. The molecule has 0 aromatic carbocycles. The third-order valence-electron chi connectivity index (χ3n) is 4.98. The third kappa shape index (κ3) is 4.23. The van der Waals surface area contributed by atoms with Crippen LogP contribution in [0.5, 0.6) is 5.88 Å². The molecule has 0 radical (unpaired) electrons. The molecule has 1 saturated heterocycles.